The highest BCUT2D eigenvalue weighted by molar-refractivity contribution is 9.10. The number of hydrazone groups is 1. The van der Waals surface area contributed by atoms with Gasteiger partial charge in [0.25, 0.3) is 0 Å². The van der Waals surface area contributed by atoms with Crippen LogP contribution in [-0.4, -0.2) is 16.6 Å². The van der Waals surface area contributed by atoms with Gasteiger partial charge < -0.3 is 4.42 Å². The Bertz CT molecular complexity index is 727. The Kier molecular flexibility index (Phi) is 4.15. The van der Waals surface area contributed by atoms with E-state index in [1.807, 2.05) is 24.3 Å². The minimum atomic E-state index is -0.206. The van der Waals surface area contributed by atoms with Crippen molar-refractivity contribution in [3.63, 3.8) is 0 Å². The number of hydrogen-bond donors (Lipinski definition) is 0. The molecule has 1 aromatic heterocycles. The average molecular weight is 375 g/mol. The highest BCUT2D eigenvalue weighted by atomic mass is 79.9. The number of nitrogens with zero attached hydrogens (tertiary/aromatic N) is 2. The summed E-state index contributed by atoms with van der Waals surface area (Å²) in [5, 5.41) is 6.18. The molecule has 0 radical (unpaired) electrons. The van der Waals surface area contributed by atoms with Crippen LogP contribution >= 0.6 is 15.9 Å². The van der Waals surface area contributed by atoms with Crippen molar-refractivity contribution in [1.82, 2.24) is 5.01 Å². The maximum atomic E-state index is 12.7. The molecule has 0 aliphatic carbocycles. The van der Waals surface area contributed by atoms with Crippen molar-refractivity contribution in [2.75, 3.05) is 0 Å². The number of halogens is 1. The van der Waals surface area contributed by atoms with E-state index < -0.39 is 0 Å². The van der Waals surface area contributed by atoms with Gasteiger partial charge in [0.15, 0.2) is 5.76 Å². The molecule has 0 saturated carbocycles. The number of benzene rings is 1. The fraction of sp³-hybridized carbons (Fsp3) is 0.333. The second-order valence-electron chi connectivity index (χ2n) is 6.70. The molecule has 1 atom stereocenters. The van der Waals surface area contributed by atoms with E-state index in [1.54, 1.807) is 17.1 Å². The van der Waals surface area contributed by atoms with Gasteiger partial charge in [0.1, 0.15) is 0 Å². The average Bonchev–Trinajstić information content (AvgIpc) is 3.16. The molecule has 0 spiro atoms. The van der Waals surface area contributed by atoms with E-state index >= 15 is 0 Å². The largest absolute Gasteiger partial charge is 0.459 e. The summed E-state index contributed by atoms with van der Waals surface area (Å²) in [5.41, 5.74) is 2.01. The summed E-state index contributed by atoms with van der Waals surface area (Å²) in [7, 11) is 0. The van der Waals surface area contributed by atoms with Crippen molar-refractivity contribution >= 4 is 27.5 Å². The van der Waals surface area contributed by atoms with Crippen molar-refractivity contribution < 1.29 is 9.21 Å². The third kappa shape index (κ3) is 3.24. The Balaban J connectivity index is 1.97. The fourth-order valence-corrected chi connectivity index (χ4v) is 2.87. The SMILES string of the molecule is CC(C)(C)C1=NN(C(=O)c2ccco2)[C@H](c2ccc(Br)cc2)C1. The van der Waals surface area contributed by atoms with E-state index in [0.29, 0.717) is 5.76 Å². The highest BCUT2D eigenvalue weighted by Gasteiger charge is 2.37. The third-order valence-corrected chi connectivity index (χ3v) is 4.50. The maximum absolute atomic E-state index is 12.7. The molecule has 0 fully saturated rings. The molecular formula is C18H19BrN2O2. The Morgan fingerprint density at radius 2 is 1.96 bits per heavy atom. The predicted octanol–water partition coefficient (Wildman–Crippen LogP) is 5.03. The van der Waals surface area contributed by atoms with Gasteiger partial charge in [-0.1, -0.05) is 48.8 Å². The first kappa shape index (κ1) is 16.0. The Morgan fingerprint density at radius 1 is 1.26 bits per heavy atom. The molecule has 1 aliphatic heterocycles. The normalized spacial score (nSPS) is 18.2. The highest BCUT2D eigenvalue weighted by Crippen LogP contribution is 2.37. The number of amides is 1. The van der Waals surface area contributed by atoms with Crippen LogP contribution in [0.2, 0.25) is 0 Å². The summed E-state index contributed by atoms with van der Waals surface area (Å²) >= 11 is 3.45. The quantitative estimate of drug-likeness (QED) is 0.739. The van der Waals surface area contributed by atoms with Crippen LogP contribution in [0.15, 0.2) is 56.7 Å². The van der Waals surface area contributed by atoms with E-state index in [4.69, 9.17) is 4.42 Å². The Labute approximate surface area is 144 Å². The van der Waals surface area contributed by atoms with Crippen LogP contribution in [-0.2, 0) is 0 Å². The van der Waals surface area contributed by atoms with Gasteiger partial charge >= 0.3 is 5.91 Å². The van der Waals surface area contributed by atoms with E-state index in [2.05, 4.69) is 41.8 Å². The van der Waals surface area contributed by atoms with Gasteiger partial charge in [-0.05, 0) is 29.8 Å². The Hall–Kier alpha value is -1.88. The standard InChI is InChI=1S/C18H19BrN2O2/c1-18(2,3)16-11-14(12-6-8-13(19)9-7-12)21(20-16)17(22)15-5-4-10-23-15/h4-10,14H,11H2,1-3H3/t14-/m0/s1. The van der Waals surface area contributed by atoms with Crippen LogP contribution in [0.1, 0.15) is 49.4 Å². The summed E-state index contributed by atoms with van der Waals surface area (Å²) in [6, 6.07) is 11.3. The lowest BCUT2D eigenvalue weighted by Crippen LogP contribution is -2.26. The van der Waals surface area contributed by atoms with Gasteiger partial charge in [-0.25, -0.2) is 5.01 Å². The van der Waals surface area contributed by atoms with Crippen LogP contribution in [0.4, 0.5) is 0 Å². The molecule has 23 heavy (non-hydrogen) atoms. The minimum Gasteiger partial charge on any atom is -0.459 e. The smallest absolute Gasteiger partial charge is 0.310 e. The molecule has 3 rings (SSSR count). The second-order valence-corrected chi connectivity index (χ2v) is 7.61. The van der Waals surface area contributed by atoms with Gasteiger partial charge in [0, 0.05) is 22.0 Å². The molecule has 0 N–H and O–H groups in total. The molecule has 0 saturated heterocycles. The number of furan rings is 1. The van der Waals surface area contributed by atoms with Gasteiger partial charge in [0.05, 0.1) is 12.3 Å². The monoisotopic (exact) mass is 374 g/mol. The van der Waals surface area contributed by atoms with E-state index in [-0.39, 0.29) is 17.4 Å². The number of rotatable bonds is 2. The molecule has 0 unspecified atom stereocenters. The third-order valence-electron chi connectivity index (χ3n) is 3.97. The summed E-state index contributed by atoms with van der Waals surface area (Å²) in [4.78, 5) is 12.7. The van der Waals surface area contributed by atoms with Crippen LogP contribution in [0, 0.1) is 5.41 Å². The van der Waals surface area contributed by atoms with E-state index in [0.717, 1.165) is 22.2 Å². The second kappa shape index (κ2) is 5.96. The molecule has 120 valence electrons. The minimum absolute atomic E-state index is 0.0776. The molecule has 2 heterocycles. The van der Waals surface area contributed by atoms with Crippen molar-refractivity contribution in [3.8, 4) is 0 Å². The lowest BCUT2D eigenvalue weighted by molar-refractivity contribution is 0.0678. The molecule has 2 aromatic rings. The zero-order valence-corrected chi connectivity index (χ0v) is 15.0. The summed E-state index contributed by atoms with van der Waals surface area (Å²) < 4.78 is 6.28. The number of hydrogen-bond acceptors (Lipinski definition) is 3. The molecular weight excluding hydrogens is 356 g/mol. The topological polar surface area (TPSA) is 45.8 Å². The first-order chi connectivity index (χ1) is 10.9. The lowest BCUT2D eigenvalue weighted by atomic mass is 9.86. The van der Waals surface area contributed by atoms with Crippen LogP contribution in [0.25, 0.3) is 0 Å². The van der Waals surface area contributed by atoms with Crippen LogP contribution in [0.5, 0.6) is 0 Å². The predicted molar refractivity (Wildman–Crippen MR) is 93.3 cm³/mol. The van der Waals surface area contributed by atoms with Crippen LogP contribution in [0.3, 0.4) is 0 Å². The van der Waals surface area contributed by atoms with Gasteiger partial charge in [-0.15, -0.1) is 0 Å². The number of carbonyl (C=O) groups is 1. The molecule has 1 amide bonds. The molecule has 1 aromatic carbocycles. The van der Waals surface area contributed by atoms with Gasteiger partial charge in [0.2, 0.25) is 0 Å². The fourth-order valence-electron chi connectivity index (χ4n) is 2.61. The lowest BCUT2D eigenvalue weighted by Gasteiger charge is -2.21. The summed E-state index contributed by atoms with van der Waals surface area (Å²) in [6.45, 7) is 6.35. The van der Waals surface area contributed by atoms with Crippen molar-refractivity contribution in [1.29, 1.82) is 0 Å². The zero-order chi connectivity index (χ0) is 16.6. The van der Waals surface area contributed by atoms with E-state index in [9.17, 15) is 4.79 Å². The number of carbonyl (C=O) groups excluding carboxylic acids is 1. The van der Waals surface area contributed by atoms with Gasteiger partial charge in [-0.3, -0.25) is 4.79 Å². The van der Waals surface area contributed by atoms with Crippen molar-refractivity contribution in [3.05, 3.63) is 58.5 Å². The first-order valence-corrected chi connectivity index (χ1v) is 8.36. The first-order valence-electron chi connectivity index (χ1n) is 7.57. The van der Waals surface area contributed by atoms with Crippen LogP contribution < -0.4 is 0 Å². The molecule has 4 nitrogen and oxygen atoms in total. The summed E-state index contributed by atoms with van der Waals surface area (Å²) in [5.74, 6) is 0.105. The molecule has 1 aliphatic rings. The Morgan fingerprint density at radius 3 is 2.52 bits per heavy atom. The van der Waals surface area contributed by atoms with Gasteiger partial charge in [-0.2, -0.15) is 5.10 Å². The maximum Gasteiger partial charge on any atom is 0.310 e. The summed E-state index contributed by atoms with van der Waals surface area (Å²) in [6.07, 6.45) is 2.24. The van der Waals surface area contributed by atoms with Crippen molar-refractivity contribution in [2.24, 2.45) is 10.5 Å². The van der Waals surface area contributed by atoms with E-state index in [1.165, 1.54) is 6.26 Å². The molecule has 0 bridgehead atoms. The zero-order valence-electron chi connectivity index (χ0n) is 13.4. The van der Waals surface area contributed by atoms with Crippen molar-refractivity contribution in [2.45, 2.75) is 33.2 Å². The molecule has 5 heteroatoms.